The molecule has 152 valence electrons. The maximum Gasteiger partial charge on any atom is 0.189 e. The lowest BCUT2D eigenvalue weighted by Crippen LogP contribution is -3.00. The second-order valence-corrected chi connectivity index (χ2v) is 8.50. The molecule has 0 fully saturated rings. The molecule has 0 saturated carbocycles. The third-order valence-corrected chi connectivity index (χ3v) is 5.22. The summed E-state index contributed by atoms with van der Waals surface area (Å²) in [4.78, 5) is 12.3. The molecule has 0 aromatic rings. The molecule has 1 unspecified atom stereocenters. The Kier molecular flexibility index (Phi) is 18.8. The van der Waals surface area contributed by atoms with E-state index in [-0.39, 0.29) is 18.4 Å². The predicted molar refractivity (Wildman–Crippen MR) is 107 cm³/mol. The average Bonchev–Trinajstić information content (AvgIpc) is 2.51. The molecule has 0 aromatic carbocycles. The summed E-state index contributed by atoms with van der Waals surface area (Å²) in [5, 5.41) is 0. The van der Waals surface area contributed by atoms with E-state index in [1.165, 1.54) is 77.0 Å². The summed E-state index contributed by atoms with van der Waals surface area (Å²) in [5.74, 6) is 0.466. The first-order valence-corrected chi connectivity index (χ1v) is 10.8. The van der Waals surface area contributed by atoms with Crippen LogP contribution in [0.3, 0.4) is 0 Å². The average molecular weight is 376 g/mol. The Morgan fingerprint density at radius 2 is 1.04 bits per heavy atom. The number of halogens is 1. The van der Waals surface area contributed by atoms with Crippen LogP contribution >= 0.6 is 0 Å². The lowest BCUT2D eigenvalue weighted by molar-refractivity contribution is -0.886. The van der Waals surface area contributed by atoms with E-state index in [0.717, 1.165) is 23.7 Å². The smallest absolute Gasteiger partial charge is 0.189 e. The zero-order chi connectivity index (χ0) is 18.3. The number of unbranched alkanes of at least 4 members (excludes halogenated alkanes) is 12. The molecular weight excluding hydrogens is 330 g/mol. The van der Waals surface area contributed by atoms with E-state index in [9.17, 15) is 4.79 Å². The van der Waals surface area contributed by atoms with Gasteiger partial charge in [0.05, 0.1) is 21.1 Å². The number of likely N-dealkylation sites (N-methyl/N-ethyl adjacent to an activating group) is 1. The van der Waals surface area contributed by atoms with Crippen molar-refractivity contribution in [2.75, 3.05) is 21.1 Å². The van der Waals surface area contributed by atoms with Crippen molar-refractivity contribution in [1.82, 2.24) is 0 Å². The van der Waals surface area contributed by atoms with Crippen molar-refractivity contribution in [3.63, 3.8) is 0 Å². The normalized spacial score (nSPS) is 12.7. The van der Waals surface area contributed by atoms with E-state index >= 15 is 0 Å². The minimum Gasteiger partial charge on any atom is -1.00 e. The first-order chi connectivity index (χ1) is 11.4. The summed E-state index contributed by atoms with van der Waals surface area (Å²) in [6, 6.07) is 0.183. The topological polar surface area (TPSA) is 17.1 Å². The Balaban J connectivity index is 0. The van der Waals surface area contributed by atoms with Gasteiger partial charge in [-0.15, -0.1) is 0 Å². The fourth-order valence-electron chi connectivity index (χ4n) is 3.69. The molecule has 0 bridgehead atoms. The van der Waals surface area contributed by atoms with E-state index in [1.807, 2.05) is 0 Å². The summed E-state index contributed by atoms with van der Waals surface area (Å²) in [6.45, 7) is 4.41. The zero-order valence-corrected chi connectivity index (χ0v) is 18.7. The molecule has 1 atom stereocenters. The van der Waals surface area contributed by atoms with Gasteiger partial charge in [0.25, 0.3) is 0 Å². The van der Waals surface area contributed by atoms with Gasteiger partial charge in [0, 0.05) is 12.8 Å². The van der Waals surface area contributed by atoms with Crippen molar-refractivity contribution in [2.24, 2.45) is 0 Å². The van der Waals surface area contributed by atoms with Crippen molar-refractivity contribution < 1.29 is 21.7 Å². The lowest BCUT2D eigenvalue weighted by Gasteiger charge is -2.32. The van der Waals surface area contributed by atoms with Crippen LogP contribution in [-0.4, -0.2) is 37.5 Å². The highest BCUT2D eigenvalue weighted by molar-refractivity contribution is 5.82. The second kappa shape index (κ2) is 17.3. The Bertz CT molecular complexity index is 299. The molecule has 0 aliphatic heterocycles. The molecule has 0 aromatic heterocycles. The third-order valence-electron chi connectivity index (χ3n) is 5.22. The molecule has 0 radical (unpaired) electrons. The molecule has 0 spiro atoms. The summed E-state index contributed by atoms with van der Waals surface area (Å²) in [6.07, 6.45) is 19.5. The van der Waals surface area contributed by atoms with Gasteiger partial charge in [-0.2, -0.15) is 0 Å². The number of hydrogen-bond acceptors (Lipinski definition) is 1. The summed E-state index contributed by atoms with van der Waals surface area (Å²) in [7, 11) is 6.40. The van der Waals surface area contributed by atoms with Gasteiger partial charge in [0.1, 0.15) is 6.04 Å². The maximum atomic E-state index is 12.3. The van der Waals surface area contributed by atoms with Gasteiger partial charge in [0.2, 0.25) is 0 Å². The van der Waals surface area contributed by atoms with E-state index < -0.39 is 0 Å². The predicted octanol–water partition coefficient (Wildman–Crippen LogP) is 3.53. The van der Waals surface area contributed by atoms with Crippen LogP contribution in [0.1, 0.15) is 110 Å². The molecular formula is C22H46ClNO. The van der Waals surface area contributed by atoms with Gasteiger partial charge >= 0.3 is 0 Å². The summed E-state index contributed by atoms with van der Waals surface area (Å²) >= 11 is 0. The van der Waals surface area contributed by atoms with Crippen molar-refractivity contribution in [3.8, 4) is 0 Å². The SMILES string of the molecule is CCCCCCCCCCCCCCCC(=O)C(CC)[N+](C)(C)C.[Cl-]. The van der Waals surface area contributed by atoms with Crippen LogP contribution in [0.15, 0.2) is 0 Å². The molecule has 0 aliphatic rings. The number of carbonyl (C=O) groups is 1. The Hall–Kier alpha value is -0.0800. The van der Waals surface area contributed by atoms with Gasteiger partial charge in [-0.3, -0.25) is 4.79 Å². The number of carbonyl (C=O) groups excluding carboxylic acids is 1. The Morgan fingerprint density at radius 3 is 1.36 bits per heavy atom. The highest BCUT2D eigenvalue weighted by atomic mass is 35.5. The largest absolute Gasteiger partial charge is 1.00 e. The maximum absolute atomic E-state index is 12.3. The van der Waals surface area contributed by atoms with Gasteiger partial charge in [0.15, 0.2) is 5.78 Å². The third kappa shape index (κ3) is 15.9. The quantitative estimate of drug-likeness (QED) is 0.281. The van der Waals surface area contributed by atoms with Crippen molar-refractivity contribution in [1.29, 1.82) is 0 Å². The number of Topliss-reactive ketones (excluding diaryl/α,β-unsaturated/α-hetero) is 1. The van der Waals surface area contributed by atoms with Crippen LogP contribution in [0.5, 0.6) is 0 Å². The van der Waals surface area contributed by atoms with Crippen LogP contribution in [0.25, 0.3) is 0 Å². The first kappa shape index (κ1) is 27.1. The summed E-state index contributed by atoms with van der Waals surface area (Å²) in [5.41, 5.74) is 0. The molecule has 0 saturated heterocycles. The van der Waals surface area contributed by atoms with E-state index in [0.29, 0.717) is 5.78 Å². The molecule has 0 N–H and O–H groups in total. The number of quaternary nitrogens is 1. The zero-order valence-electron chi connectivity index (χ0n) is 17.9. The minimum absolute atomic E-state index is 0. The van der Waals surface area contributed by atoms with Crippen LogP contribution in [0.4, 0.5) is 0 Å². The van der Waals surface area contributed by atoms with Crippen LogP contribution in [-0.2, 0) is 4.79 Å². The fourth-order valence-corrected chi connectivity index (χ4v) is 3.69. The fraction of sp³-hybridized carbons (Fsp3) is 0.955. The molecule has 0 rings (SSSR count). The van der Waals surface area contributed by atoms with Crippen molar-refractivity contribution in [2.45, 2.75) is 116 Å². The number of rotatable bonds is 17. The van der Waals surface area contributed by atoms with Crippen LogP contribution < -0.4 is 12.4 Å². The van der Waals surface area contributed by atoms with Gasteiger partial charge < -0.3 is 16.9 Å². The molecule has 3 heteroatoms. The van der Waals surface area contributed by atoms with Gasteiger partial charge in [-0.05, 0) is 6.42 Å². The van der Waals surface area contributed by atoms with Crippen molar-refractivity contribution in [3.05, 3.63) is 0 Å². The van der Waals surface area contributed by atoms with Gasteiger partial charge in [-0.25, -0.2) is 0 Å². The molecule has 0 heterocycles. The number of hydrogen-bond donors (Lipinski definition) is 0. The molecule has 0 amide bonds. The lowest BCUT2D eigenvalue weighted by atomic mass is 10.00. The summed E-state index contributed by atoms with van der Waals surface area (Å²) < 4.78 is 0.772. The number of nitrogens with zero attached hydrogens (tertiary/aromatic N) is 1. The molecule has 25 heavy (non-hydrogen) atoms. The second-order valence-electron chi connectivity index (χ2n) is 8.50. The highest BCUT2D eigenvalue weighted by Gasteiger charge is 2.28. The molecule has 2 nitrogen and oxygen atoms in total. The minimum atomic E-state index is 0. The van der Waals surface area contributed by atoms with Crippen LogP contribution in [0, 0.1) is 0 Å². The molecule has 0 aliphatic carbocycles. The van der Waals surface area contributed by atoms with E-state index in [2.05, 4.69) is 35.0 Å². The Labute approximate surface area is 165 Å². The van der Waals surface area contributed by atoms with Crippen molar-refractivity contribution >= 4 is 5.78 Å². The Morgan fingerprint density at radius 1 is 0.680 bits per heavy atom. The number of ketones is 1. The van der Waals surface area contributed by atoms with E-state index in [4.69, 9.17) is 0 Å². The van der Waals surface area contributed by atoms with Crippen LogP contribution in [0.2, 0.25) is 0 Å². The monoisotopic (exact) mass is 375 g/mol. The first-order valence-electron chi connectivity index (χ1n) is 10.8. The van der Waals surface area contributed by atoms with E-state index in [1.54, 1.807) is 0 Å². The highest BCUT2D eigenvalue weighted by Crippen LogP contribution is 2.15. The standard InChI is InChI=1S/C22H46NO.ClH/c1-6-8-9-10-11-12-13-14-15-16-17-18-19-20-22(24)21(7-2)23(3,4)5;/h21H,6-20H2,1-5H3;1H/q+1;/p-1. The van der Waals surface area contributed by atoms with Gasteiger partial charge in [-0.1, -0.05) is 90.9 Å².